The first-order valence-corrected chi connectivity index (χ1v) is 10.3. The number of hydrogen-bond donors (Lipinski definition) is 1. The topological polar surface area (TPSA) is 91.2 Å². The third kappa shape index (κ3) is 4.53. The van der Waals surface area contributed by atoms with Crippen molar-refractivity contribution in [3.8, 4) is 11.8 Å². The van der Waals surface area contributed by atoms with E-state index in [-0.39, 0.29) is 18.6 Å². The summed E-state index contributed by atoms with van der Waals surface area (Å²) in [5.41, 5.74) is 3.59. The maximum absolute atomic E-state index is 12.2. The van der Waals surface area contributed by atoms with Crippen LogP contribution in [0.4, 0.5) is 0 Å². The molecule has 0 radical (unpaired) electrons. The van der Waals surface area contributed by atoms with Crippen LogP contribution in [0.5, 0.6) is 11.8 Å². The van der Waals surface area contributed by atoms with Crippen molar-refractivity contribution in [1.29, 1.82) is 0 Å². The van der Waals surface area contributed by atoms with E-state index in [1.54, 1.807) is 10.9 Å². The lowest BCUT2D eigenvalue weighted by Crippen LogP contribution is -2.28. The van der Waals surface area contributed by atoms with Crippen LogP contribution in [0.25, 0.3) is 11.0 Å². The molecule has 3 aromatic heterocycles. The Hall–Kier alpha value is -3.16. The SMILES string of the molecule is Cc1cc(C)c2c(OCC(=O)NCc3ccc(OC4CCCC4)nc3)nn(C)c2n1. The van der Waals surface area contributed by atoms with Crippen molar-refractivity contribution in [2.45, 2.75) is 52.2 Å². The largest absolute Gasteiger partial charge is 0.474 e. The normalized spacial score (nSPS) is 14.2. The van der Waals surface area contributed by atoms with Crippen molar-refractivity contribution in [2.75, 3.05) is 6.61 Å². The molecule has 0 spiro atoms. The maximum atomic E-state index is 12.2. The van der Waals surface area contributed by atoms with E-state index in [0.717, 1.165) is 40.7 Å². The number of fused-ring (bicyclic) bond motifs is 1. The summed E-state index contributed by atoms with van der Waals surface area (Å²) in [4.78, 5) is 21.1. The number of aryl methyl sites for hydroxylation is 3. The summed E-state index contributed by atoms with van der Waals surface area (Å²) >= 11 is 0. The fourth-order valence-electron chi connectivity index (χ4n) is 3.80. The standard InChI is InChI=1S/C22H27N5O3/c1-14-10-15(2)25-21-20(14)22(26-27(21)3)29-13-18(28)23-11-16-8-9-19(24-12-16)30-17-6-4-5-7-17/h8-10,12,17H,4-7,11,13H2,1-3H3,(H,23,28). The highest BCUT2D eigenvalue weighted by atomic mass is 16.5. The average Bonchev–Trinajstić information content (AvgIpc) is 3.34. The number of nitrogens with zero attached hydrogens (tertiary/aromatic N) is 4. The maximum Gasteiger partial charge on any atom is 0.258 e. The molecule has 1 amide bonds. The average molecular weight is 409 g/mol. The van der Waals surface area contributed by atoms with Gasteiger partial charge in [-0.25, -0.2) is 14.6 Å². The Balaban J connectivity index is 1.30. The third-order valence-electron chi connectivity index (χ3n) is 5.30. The minimum absolute atomic E-state index is 0.115. The van der Waals surface area contributed by atoms with Gasteiger partial charge in [-0.05, 0) is 56.7 Å². The first-order chi connectivity index (χ1) is 14.5. The minimum Gasteiger partial charge on any atom is -0.474 e. The van der Waals surface area contributed by atoms with E-state index in [0.29, 0.717) is 18.3 Å². The van der Waals surface area contributed by atoms with Gasteiger partial charge in [0.15, 0.2) is 12.3 Å². The lowest BCUT2D eigenvalue weighted by atomic mass is 10.2. The number of carbonyl (C=O) groups is 1. The van der Waals surface area contributed by atoms with Crippen molar-refractivity contribution in [2.24, 2.45) is 7.05 Å². The Bertz CT molecular complexity index is 1040. The Morgan fingerprint density at radius 1 is 1.27 bits per heavy atom. The fraction of sp³-hybridized carbons (Fsp3) is 0.455. The second-order valence-electron chi connectivity index (χ2n) is 7.80. The third-order valence-corrected chi connectivity index (χ3v) is 5.30. The highest BCUT2D eigenvalue weighted by molar-refractivity contribution is 5.85. The van der Waals surface area contributed by atoms with Crippen LogP contribution < -0.4 is 14.8 Å². The van der Waals surface area contributed by atoms with Crippen molar-refractivity contribution in [3.05, 3.63) is 41.2 Å². The van der Waals surface area contributed by atoms with Gasteiger partial charge < -0.3 is 14.8 Å². The molecule has 158 valence electrons. The highest BCUT2D eigenvalue weighted by Crippen LogP contribution is 2.27. The van der Waals surface area contributed by atoms with Crippen molar-refractivity contribution in [3.63, 3.8) is 0 Å². The number of hydrogen-bond acceptors (Lipinski definition) is 6. The van der Waals surface area contributed by atoms with Crippen LogP contribution in [-0.4, -0.2) is 38.4 Å². The molecule has 0 unspecified atom stereocenters. The van der Waals surface area contributed by atoms with Gasteiger partial charge >= 0.3 is 0 Å². The zero-order valence-corrected chi connectivity index (χ0v) is 17.6. The van der Waals surface area contributed by atoms with E-state index < -0.39 is 0 Å². The van der Waals surface area contributed by atoms with Crippen molar-refractivity contribution < 1.29 is 14.3 Å². The molecule has 8 heteroatoms. The predicted octanol–water partition coefficient (Wildman–Crippen LogP) is 3.00. The summed E-state index contributed by atoms with van der Waals surface area (Å²) in [6.45, 7) is 4.19. The Labute approximate surface area is 175 Å². The minimum atomic E-state index is -0.224. The van der Waals surface area contributed by atoms with E-state index in [1.165, 1.54) is 12.8 Å². The molecule has 30 heavy (non-hydrogen) atoms. The molecule has 3 aromatic rings. The van der Waals surface area contributed by atoms with Gasteiger partial charge in [0.1, 0.15) is 6.10 Å². The van der Waals surface area contributed by atoms with Crippen LogP contribution in [0, 0.1) is 13.8 Å². The van der Waals surface area contributed by atoms with E-state index in [1.807, 2.05) is 39.1 Å². The van der Waals surface area contributed by atoms with Crippen LogP contribution in [0.1, 0.15) is 42.5 Å². The Morgan fingerprint density at radius 3 is 2.80 bits per heavy atom. The quantitative estimate of drug-likeness (QED) is 0.645. The highest BCUT2D eigenvalue weighted by Gasteiger charge is 2.17. The molecule has 0 saturated heterocycles. The summed E-state index contributed by atoms with van der Waals surface area (Å²) in [5, 5.41) is 8.04. The van der Waals surface area contributed by atoms with Gasteiger partial charge in [0.2, 0.25) is 11.8 Å². The molecule has 4 rings (SSSR count). The summed E-state index contributed by atoms with van der Waals surface area (Å²) in [6.07, 6.45) is 6.66. The number of carbonyl (C=O) groups excluding carboxylic acids is 1. The number of rotatable bonds is 7. The lowest BCUT2D eigenvalue weighted by Gasteiger charge is -2.12. The van der Waals surface area contributed by atoms with Gasteiger partial charge in [0, 0.05) is 31.5 Å². The van der Waals surface area contributed by atoms with Gasteiger partial charge in [-0.3, -0.25) is 4.79 Å². The molecule has 1 fully saturated rings. The van der Waals surface area contributed by atoms with E-state index in [9.17, 15) is 4.79 Å². The van der Waals surface area contributed by atoms with Crippen LogP contribution >= 0.6 is 0 Å². The van der Waals surface area contributed by atoms with E-state index in [2.05, 4.69) is 20.4 Å². The molecule has 0 bridgehead atoms. The second-order valence-corrected chi connectivity index (χ2v) is 7.80. The molecule has 8 nitrogen and oxygen atoms in total. The number of ether oxygens (including phenoxy) is 2. The van der Waals surface area contributed by atoms with Crippen molar-refractivity contribution >= 4 is 16.9 Å². The van der Waals surface area contributed by atoms with Crippen LogP contribution in [0.2, 0.25) is 0 Å². The van der Waals surface area contributed by atoms with Crippen LogP contribution in [-0.2, 0) is 18.4 Å². The smallest absolute Gasteiger partial charge is 0.258 e. The first-order valence-electron chi connectivity index (χ1n) is 10.3. The van der Waals surface area contributed by atoms with E-state index in [4.69, 9.17) is 9.47 Å². The predicted molar refractivity (Wildman–Crippen MR) is 112 cm³/mol. The molecule has 1 N–H and O–H groups in total. The Morgan fingerprint density at radius 2 is 2.07 bits per heavy atom. The summed E-state index contributed by atoms with van der Waals surface area (Å²) in [5.74, 6) is 0.835. The van der Waals surface area contributed by atoms with Gasteiger partial charge in [-0.1, -0.05) is 6.07 Å². The molecule has 1 aliphatic rings. The van der Waals surface area contributed by atoms with Gasteiger partial charge in [0.05, 0.1) is 5.39 Å². The summed E-state index contributed by atoms with van der Waals surface area (Å²) < 4.78 is 13.2. The number of aromatic nitrogens is 4. The zero-order valence-electron chi connectivity index (χ0n) is 17.6. The molecule has 1 aliphatic carbocycles. The van der Waals surface area contributed by atoms with E-state index >= 15 is 0 Å². The van der Waals surface area contributed by atoms with Crippen LogP contribution in [0.15, 0.2) is 24.4 Å². The lowest BCUT2D eigenvalue weighted by molar-refractivity contribution is -0.123. The number of amides is 1. The monoisotopic (exact) mass is 409 g/mol. The molecule has 3 heterocycles. The van der Waals surface area contributed by atoms with Gasteiger partial charge in [-0.15, -0.1) is 5.10 Å². The van der Waals surface area contributed by atoms with Gasteiger partial charge in [-0.2, -0.15) is 0 Å². The fourth-order valence-corrected chi connectivity index (χ4v) is 3.80. The number of nitrogens with one attached hydrogen (secondary N) is 1. The molecule has 1 saturated carbocycles. The molecule has 0 aliphatic heterocycles. The van der Waals surface area contributed by atoms with Crippen LogP contribution in [0.3, 0.4) is 0 Å². The van der Waals surface area contributed by atoms with Crippen molar-refractivity contribution in [1.82, 2.24) is 25.1 Å². The molecule has 0 atom stereocenters. The molecular weight excluding hydrogens is 382 g/mol. The second kappa shape index (κ2) is 8.69. The summed E-state index contributed by atoms with van der Waals surface area (Å²) in [7, 11) is 1.81. The molecule has 0 aromatic carbocycles. The van der Waals surface area contributed by atoms with Gasteiger partial charge in [0.25, 0.3) is 5.91 Å². The zero-order chi connectivity index (χ0) is 21.1. The first kappa shape index (κ1) is 20.1. The number of pyridine rings is 2. The summed E-state index contributed by atoms with van der Waals surface area (Å²) in [6, 6.07) is 5.75. The Kier molecular flexibility index (Phi) is 5.83. The molecular formula is C22H27N5O3.